The number of nitrogens with zero attached hydrogens (tertiary/aromatic N) is 4. The van der Waals surface area contributed by atoms with Gasteiger partial charge in [-0.25, -0.2) is 15.8 Å². The minimum atomic E-state index is 0.560. The molecule has 6 nitrogen and oxygen atoms in total. The first kappa shape index (κ1) is 13.7. The Hall–Kier alpha value is -1.73. The number of pyridine rings is 1. The maximum atomic E-state index is 5.41. The van der Waals surface area contributed by atoms with Crippen LogP contribution in [-0.4, -0.2) is 21.5 Å². The first-order valence-electron chi connectivity index (χ1n) is 5.88. The number of nitrogen functional groups attached to an aromatic ring is 1. The normalized spacial score (nSPS) is 10.3. The molecule has 0 bridgehead atoms. The number of rotatable bonds is 5. The fourth-order valence-electron chi connectivity index (χ4n) is 1.71. The standard InChI is InChI=1S/C12H15BrN6/c1-2-19(7-9-5-3-4-6-15-9)12-10(13)11(18-14)16-8-17-12/h3-6,8H,2,7,14H2,1H3,(H,16,17,18). The number of anilines is 2. The third kappa shape index (κ3) is 3.18. The molecule has 0 aliphatic heterocycles. The van der Waals surface area contributed by atoms with E-state index in [1.165, 1.54) is 6.33 Å². The summed E-state index contributed by atoms with van der Waals surface area (Å²) >= 11 is 3.47. The molecule has 3 N–H and O–H groups in total. The molecule has 0 saturated heterocycles. The Kier molecular flexibility index (Phi) is 4.64. The Morgan fingerprint density at radius 1 is 1.32 bits per heavy atom. The van der Waals surface area contributed by atoms with Crippen molar-refractivity contribution in [1.29, 1.82) is 0 Å². The lowest BCUT2D eigenvalue weighted by Crippen LogP contribution is -2.25. The van der Waals surface area contributed by atoms with Crippen molar-refractivity contribution >= 4 is 27.6 Å². The molecule has 2 rings (SSSR count). The predicted octanol–water partition coefficient (Wildman–Crippen LogP) is 1.95. The van der Waals surface area contributed by atoms with E-state index in [9.17, 15) is 0 Å². The number of nitrogens with one attached hydrogen (secondary N) is 1. The highest BCUT2D eigenvalue weighted by atomic mass is 79.9. The van der Waals surface area contributed by atoms with Crippen molar-refractivity contribution in [3.05, 3.63) is 40.9 Å². The molecule has 0 atom stereocenters. The predicted molar refractivity (Wildman–Crippen MR) is 78.5 cm³/mol. The second-order valence-corrected chi connectivity index (χ2v) is 4.63. The van der Waals surface area contributed by atoms with Gasteiger partial charge in [0.15, 0.2) is 5.82 Å². The Morgan fingerprint density at radius 3 is 2.79 bits per heavy atom. The van der Waals surface area contributed by atoms with Crippen LogP contribution in [0.25, 0.3) is 0 Å². The molecule has 2 heterocycles. The fraction of sp³-hybridized carbons (Fsp3) is 0.250. The summed E-state index contributed by atoms with van der Waals surface area (Å²) in [4.78, 5) is 14.8. The zero-order chi connectivity index (χ0) is 13.7. The summed E-state index contributed by atoms with van der Waals surface area (Å²) in [5.74, 6) is 6.76. The molecule has 0 fully saturated rings. The molecular weight excluding hydrogens is 308 g/mol. The summed E-state index contributed by atoms with van der Waals surface area (Å²) in [6, 6.07) is 5.86. The molecular formula is C12H15BrN6. The molecule has 0 aliphatic carbocycles. The monoisotopic (exact) mass is 322 g/mol. The summed E-state index contributed by atoms with van der Waals surface area (Å²) in [5, 5.41) is 0. The van der Waals surface area contributed by atoms with Gasteiger partial charge < -0.3 is 10.3 Å². The lowest BCUT2D eigenvalue weighted by Gasteiger charge is -2.23. The van der Waals surface area contributed by atoms with Crippen molar-refractivity contribution < 1.29 is 0 Å². The van der Waals surface area contributed by atoms with Gasteiger partial charge in [0.1, 0.15) is 16.6 Å². The van der Waals surface area contributed by atoms with E-state index in [0.29, 0.717) is 12.4 Å². The Bertz CT molecular complexity index is 533. The van der Waals surface area contributed by atoms with Gasteiger partial charge in [-0.15, -0.1) is 0 Å². The maximum Gasteiger partial charge on any atom is 0.159 e. The van der Waals surface area contributed by atoms with Crippen LogP contribution in [-0.2, 0) is 6.54 Å². The number of hydrogen-bond donors (Lipinski definition) is 2. The summed E-state index contributed by atoms with van der Waals surface area (Å²) in [5.41, 5.74) is 3.52. The van der Waals surface area contributed by atoms with E-state index in [-0.39, 0.29) is 0 Å². The van der Waals surface area contributed by atoms with Crippen molar-refractivity contribution in [3.63, 3.8) is 0 Å². The minimum Gasteiger partial charge on any atom is -0.350 e. The van der Waals surface area contributed by atoms with Crippen molar-refractivity contribution in [2.75, 3.05) is 16.9 Å². The SMILES string of the molecule is CCN(Cc1ccccn1)c1ncnc(NN)c1Br. The Labute approximate surface area is 120 Å². The van der Waals surface area contributed by atoms with Crippen molar-refractivity contribution in [2.45, 2.75) is 13.5 Å². The van der Waals surface area contributed by atoms with Crippen LogP contribution in [0.2, 0.25) is 0 Å². The van der Waals surface area contributed by atoms with Gasteiger partial charge in [0.25, 0.3) is 0 Å². The number of halogens is 1. The first-order chi connectivity index (χ1) is 9.26. The number of hydrogen-bond acceptors (Lipinski definition) is 6. The van der Waals surface area contributed by atoms with Gasteiger partial charge in [-0.3, -0.25) is 4.98 Å². The molecule has 0 amide bonds. The summed E-state index contributed by atoms with van der Waals surface area (Å²) in [6.45, 7) is 3.54. The highest BCUT2D eigenvalue weighted by molar-refractivity contribution is 9.10. The van der Waals surface area contributed by atoms with Gasteiger partial charge >= 0.3 is 0 Å². The van der Waals surface area contributed by atoms with E-state index in [0.717, 1.165) is 22.5 Å². The largest absolute Gasteiger partial charge is 0.350 e. The van der Waals surface area contributed by atoms with Crippen molar-refractivity contribution in [1.82, 2.24) is 15.0 Å². The zero-order valence-corrected chi connectivity index (χ0v) is 12.1. The number of hydrazine groups is 1. The van der Waals surface area contributed by atoms with Gasteiger partial charge in [-0.05, 0) is 35.0 Å². The average Bonchev–Trinajstić information content (AvgIpc) is 2.46. The van der Waals surface area contributed by atoms with Gasteiger partial charge in [0, 0.05) is 12.7 Å². The van der Waals surface area contributed by atoms with E-state index in [2.05, 4.69) is 48.1 Å². The second-order valence-electron chi connectivity index (χ2n) is 3.84. The molecule has 2 aromatic heterocycles. The van der Waals surface area contributed by atoms with E-state index in [1.54, 1.807) is 6.20 Å². The van der Waals surface area contributed by atoms with Crippen LogP contribution in [0, 0.1) is 0 Å². The van der Waals surface area contributed by atoms with Gasteiger partial charge in [0.05, 0.1) is 12.2 Å². The van der Waals surface area contributed by atoms with Gasteiger partial charge in [0.2, 0.25) is 0 Å². The highest BCUT2D eigenvalue weighted by Crippen LogP contribution is 2.29. The maximum absolute atomic E-state index is 5.41. The van der Waals surface area contributed by atoms with Gasteiger partial charge in [-0.2, -0.15) is 0 Å². The second kappa shape index (κ2) is 6.44. The minimum absolute atomic E-state index is 0.560. The van der Waals surface area contributed by atoms with Crippen LogP contribution in [0.4, 0.5) is 11.6 Å². The number of nitrogens with two attached hydrogens (primary N) is 1. The highest BCUT2D eigenvalue weighted by Gasteiger charge is 2.14. The van der Waals surface area contributed by atoms with Crippen LogP contribution in [0.5, 0.6) is 0 Å². The van der Waals surface area contributed by atoms with Crippen molar-refractivity contribution in [2.24, 2.45) is 5.84 Å². The smallest absolute Gasteiger partial charge is 0.159 e. The molecule has 0 saturated carbocycles. The molecule has 0 aromatic carbocycles. The third-order valence-corrected chi connectivity index (χ3v) is 3.40. The zero-order valence-electron chi connectivity index (χ0n) is 10.5. The van der Waals surface area contributed by atoms with Crippen LogP contribution in [0.1, 0.15) is 12.6 Å². The van der Waals surface area contributed by atoms with E-state index < -0.39 is 0 Å². The van der Waals surface area contributed by atoms with E-state index in [1.807, 2.05) is 18.2 Å². The quantitative estimate of drug-likeness (QED) is 0.647. The lowest BCUT2D eigenvalue weighted by molar-refractivity contribution is 0.788. The first-order valence-corrected chi connectivity index (χ1v) is 6.67. The van der Waals surface area contributed by atoms with Crippen LogP contribution < -0.4 is 16.2 Å². The summed E-state index contributed by atoms with van der Waals surface area (Å²) in [6.07, 6.45) is 3.27. The topological polar surface area (TPSA) is 80.0 Å². The van der Waals surface area contributed by atoms with Gasteiger partial charge in [-0.1, -0.05) is 6.07 Å². The fourth-order valence-corrected chi connectivity index (χ4v) is 2.28. The lowest BCUT2D eigenvalue weighted by atomic mass is 10.3. The Morgan fingerprint density at radius 2 is 2.16 bits per heavy atom. The molecule has 7 heteroatoms. The molecule has 100 valence electrons. The van der Waals surface area contributed by atoms with Crippen molar-refractivity contribution in [3.8, 4) is 0 Å². The molecule has 2 aromatic rings. The van der Waals surface area contributed by atoms with E-state index in [4.69, 9.17) is 5.84 Å². The van der Waals surface area contributed by atoms with Crippen LogP contribution >= 0.6 is 15.9 Å². The molecule has 0 aliphatic rings. The van der Waals surface area contributed by atoms with E-state index >= 15 is 0 Å². The molecule has 0 radical (unpaired) electrons. The Balaban J connectivity index is 2.27. The summed E-state index contributed by atoms with van der Waals surface area (Å²) in [7, 11) is 0. The molecule has 19 heavy (non-hydrogen) atoms. The average molecular weight is 323 g/mol. The molecule has 0 spiro atoms. The van der Waals surface area contributed by atoms with Crippen LogP contribution in [0.3, 0.4) is 0 Å². The number of aromatic nitrogens is 3. The summed E-state index contributed by atoms with van der Waals surface area (Å²) < 4.78 is 0.746. The molecule has 0 unspecified atom stereocenters. The third-order valence-electron chi connectivity index (χ3n) is 2.67. The van der Waals surface area contributed by atoms with Crippen LogP contribution in [0.15, 0.2) is 35.2 Å².